The molecule has 1 unspecified atom stereocenters. The fourth-order valence-corrected chi connectivity index (χ4v) is 2.28. The van der Waals surface area contributed by atoms with Gasteiger partial charge in [-0.3, -0.25) is 9.48 Å². The van der Waals surface area contributed by atoms with Crippen LogP contribution in [0.15, 0.2) is 30.5 Å². The first-order valence-corrected chi connectivity index (χ1v) is 7.09. The highest BCUT2D eigenvalue weighted by atomic mass is 16.3. The first-order valence-electron chi connectivity index (χ1n) is 7.09. The molecule has 2 aromatic heterocycles. The van der Waals surface area contributed by atoms with Gasteiger partial charge in [0, 0.05) is 18.4 Å². The number of aliphatic hydroxyl groups excluding tert-OH is 1. The molecule has 0 bridgehead atoms. The number of amides is 1. The van der Waals surface area contributed by atoms with Gasteiger partial charge in [0.1, 0.15) is 17.6 Å². The molecule has 22 heavy (non-hydrogen) atoms. The van der Waals surface area contributed by atoms with Crippen LogP contribution >= 0.6 is 0 Å². The van der Waals surface area contributed by atoms with Crippen LogP contribution in [-0.4, -0.2) is 30.8 Å². The second-order valence-electron chi connectivity index (χ2n) is 5.02. The van der Waals surface area contributed by atoms with E-state index in [2.05, 4.69) is 20.4 Å². The Morgan fingerprint density at radius 1 is 1.45 bits per heavy atom. The maximum absolute atomic E-state index is 12.3. The van der Waals surface area contributed by atoms with Crippen LogP contribution in [0.5, 0.6) is 0 Å². The van der Waals surface area contributed by atoms with Gasteiger partial charge in [-0.05, 0) is 38.1 Å². The first-order chi connectivity index (χ1) is 10.6. The summed E-state index contributed by atoms with van der Waals surface area (Å²) < 4.78 is 1.63. The van der Waals surface area contributed by atoms with E-state index in [1.54, 1.807) is 42.1 Å². The Morgan fingerprint density at radius 2 is 2.27 bits per heavy atom. The summed E-state index contributed by atoms with van der Waals surface area (Å²) in [7, 11) is 0. The van der Waals surface area contributed by atoms with Crippen molar-refractivity contribution in [3.63, 3.8) is 0 Å². The van der Waals surface area contributed by atoms with Crippen molar-refractivity contribution in [1.82, 2.24) is 19.7 Å². The van der Waals surface area contributed by atoms with E-state index in [0.717, 1.165) is 11.0 Å². The van der Waals surface area contributed by atoms with Gasteiger partial charge >= 0.3 is 0 Å². The minimum Gasteiger partial charge on any atom is -0.385 e. The number of rotatable bonds is 4. The van der Waals surface area contributed by atoms with Crippen LogP contribution in [0, 0.1) is 0 Å². The average molecular weight is 299 g/mol. The first kappa shape index (κ1) is 14.3. The molecule has 0 fully saturated rings. The molecule has 3 rings (SSSR count). The van der Waals surface area contributed by atoms with E-state index in [1.807, 2.05) is 6.92 Å². The summed E-state index contributed by atoms with van der Waals surface area (Å²) in [4.78, 5) is 19.6. The molecule has 0 radical (unpaired) electrons. The molecule has 0 spiro atoms. The highest BCUT2D eigenvalue weighted by molar-refractivity contribution is 6.03. The second kappa shape index (κ2) is 5.61. The predicted molar refractivity (Wildman–Crippen MR) is 82.6 cm³/mol. The molecule has 0 aliphatic heterocycles. The molecule has 114 valence electrons. The smallest absolute Gasteiger partial charge is 0.273 e. The zero-order chi connectivity index (χ0) is 15.7. The Bertz CT molecular complexity index is 818. The number of carbonyl (C=O) groups excluding carboxylic acids is 1. The number of nitrogens with zero attached hydrogens (tertiary/aromatic N) is 3. The van der Waals surface area contributed by atoms with E-state index in [4.69, 9.17) is 0 Å². The molecule has 0 aliphatic rings. The maximum Gasteiger partial charge on any atom is 0.273 e. The number of benzene rings is 1. The van der Waals surface area contributed by atoms with Crippen LogP contribution in [0.1, 0.15) is 36.3 Å². The fraction of sp³-hybridized carbons (Fsp3) is 0.267. The summed E-state index contributed by atoms with van der Waals surface area (Å²) in [5.41, 5.74) is 2.67. The minimum absolute atomic E-state index is 0.214. The fourth-order valence-electron chi connectivity index (χ4n) is 2.28. The van der Waals surface area contributed by atoms with Gasteiger partial charge in [0.05, 0.1) is 11.0 Å². The van der Waals surface area contributed by atoms with E-state index in [9.17, 15) is 9.90 Å². The number of aromatic nitrogens is 4. The Hall–Kier alpha value is -2.67. The zero-order valence-corrected chi connectivity index (χ0v) is 12.4. The van der Waals surface area contributed by atoms with Gasteiger partial charge in [0.2, 0.25) is 0 Å². The number of H-pyrrole nitrogens is 1. The van der Waals surface area contributed by atoms with Gasteiger partial charge in [-0.25, -0.2) is 4.98 Å². The summed E-state index contributed by atoms with van der Waals surface area (Å²) in [5, 5.41) is 16.5. The molecule has 7 nitrogen and oxygen atoms in total. The van der Waals surface area contributed by atoms with Crippen molar-refractivity contribution in [3.05, 3.63) is 42.0 Å². The number of anilines is 1. The SMILES string of the molecule is CCn1nccc1C(=O)Nc1ccc2nc(C(C)O)[nH]c2c1. The number of aromatic amines is 1. The summed E-state index contributed by atoms with van der Waals surface area (Å²) in [6.07, 6.45) is 0.940. The average Bonchev–Trinajstić information content (AvgIpc) is 3.12. The summed E-state index contributed by atoms with van der Waals surface area (Å²) in [6.45, 7) is 4.21. The van der Waals surface area contributed by atoms with Crippen molar-refractivity contribution in [1.29, 1.82) is 0 Å². The van der Waals surface area contributed by atoms with E-state index in [0.29, 0.717) is 23.8 Å². The molecule has 1 atom stereocenters. The molecule has 2 heterocycles. The third kappa shape index (κ3) is 2.58. The number of nitrogens with one attached hydrogen (secondary N) is 2. The van der Waals surface area contributed by atoms with E-state index in [-0.39, 0.29) is 5.91 Å². The molecular weight excluding hydrogens is 282 g/mol. The lowest BCUT2D eigenvalue weighted by Gasteiger charge is -2.06. The van der Waals surface area contributed by atoms with Gasteiger partial charge in [-0.1, -0.05) is 0 Å². The standard InChI is InChI=1S/C15H17N5O2/c1-3-20-13(6-7-16-20)15(22)17-10-4-5-11-12(8-10)19-14(18-11)9(2)21/h4-9,21H,3H2,1-2H3,(H,17,22)(H,18,19). The Labute approximate surface area is 127 Å². The van der Waals surface area contributed by atoms with Gasteiger partial charge in [-0.15, -0.1) is 0 Å². The highest BCUT2D eigenvalue weighted by Gasteiger charge is 2.13. The summed E-state index contributed by atoms with van der Waals surface area (Å²) >= 11 is 0. The van der Waals surface area contributed by atoms with Crippen LogP contribution in [0.25, 0.3) is 11.0 Å². The zero-order valence-electron chi connectivity index (χ0n) is 12.4. The van der Waals surface area contributed by atoms with Crippen LogP contribution in [-0.2, 0) is 6.54 Å². The van der Waals surface area contributed by atoms with Crippen molar-refractivity contribution in [3.8, 4) is 0 Å². The van der Waals surface area contributed by atoms with Crippen LogP contribution in [0.3, 0.4) is 0 Å². The van der Waals surface area contributed by atoms with Crippen molar-refractivity contribution >= 4 is 22.6 Å². The lowest BCUT2D eigenvalue weighted by molar-refractivity contribution is 0.101. The van der Waals surface area contributed by atoms with Crippen molar-refractivity contribution in [2.75, 3.05) is 5.32 Å². The molecule has 3 aromatic rings. The van der Waals surface area contributed by atoms with Gasteiger partial charge in [-0.2, -0.15) is 5.10 Å². The Morgan fingerprint density at radius 3 is 3.00 bits per heavy atom. The molecule has 0 saturated carbocycles. The van der Waals surface area contributed by atoms with Crippen molar-refractivity contribution in [2.24, 2.45) is 0 Å². The number of aryl methyl sites for hydroxylation is 1. The van der Waals surface area contributed by atoms with Crippen LogP contribution in [0.4, 0.5) is 5.69 Å². The lowest BCUT2D eigenvalue weighted by atomic mass is 10.2. The normalized spacial score (nSPS) is 12.5. The third-order valence-electron chi connectivity index (χ3n) is 3.40. The van der Waals surface area contributed by atoms with Gasteiger partial charge in [0.15, 0.2) is 0 Å². The number of carbonyl (C=O) groups is 1. The topological polar surface area (TPSA) is 95.8 Å². The maximum atomic E-state index is 12.3. The largest absolute Gasteiger partial charge is 0.385 e. The highest BCUT2D eigenvalue weighted by Crippen LogP contribution is 2.20. The summed E-state index contributed by atoms with van der Waals surface area (Å²) in [6, 6.07) is 7.04. The Kier molecular flexibility index (Phi) is 3.64. The lowest BCUT2D eigenvalue weighted by Crippen LogP contribution is -2.17. The molecule has 7 heteroatoms. The van der Waals surface area contributed by atoms with E-state index >= 15 is 0 Å². The number of hydrogen-bond acceptors (Lipinski definition) is 4. The number of aliphatic hydroxyl groups is 1. The quantitative estimate of drug-likeness (QED) is 0.687. The van der Waals surface area contributed by atoms with Crippen molar-refractivity contribution in [2.45, 2.75) is 26.5 Å². The Balaban J connectivity index is 1.86. The third-order valence-corrected chi connectivity index (χ3v) is 3.40. The van der Waals surface area contributed by atoms with Gasteiger partial charge in [0.25, 0.3) is 5.91 Å². The monoisotopic (exact) mass is 299 g/mol. The van der Waals surface area contributed by atoms with Crippen LogP contribution < -0.4 is 5.32 Å². The molecular formula is C15H17N5O2. The number of hydrogen-bond donors (Lipinski definition) is 3. The van der Waals surface area contributed by atoms with E-state index < -0.39 is 6.10 Å². The van der Waals surface area contributed by atoms with Gasteiger partial charge < -0.3 is 15.4 Å². The van der Waals surface area contributed by atoms with E-state index in [1.165, 1.54) is 0 Å². The molecule has 3 N–H and O–H groups in total. The second-order valence-corrected chi connectivity index (χ2v) is 5.02. The number of fused-ring (bicyclic) bond motifs is 1. The van der Waals surface area contributed by atoms with Crippen LogP contribution in [0.2, 0.25) is 0 Å². The predicted octanol–water partition coefficient (Wildman–Crippen LogP) is 2.08. The molecule has 0 aliphatic carbocycles. The minimum atomic E-state index is -0.663. The molecule has 1 amide bonds. The number of imidazole rings is 1. The summed E-state index contributed by atoms with van der Waals surface area (Å²) in [5.74, 6) is 0.288. The molecule has 1 aromatic carbocycles. The molecule has 0 saturated heterocycles. The van der Waals surface area contributed by atoms with Crippen molar-refractivity contribution < 1.29 is 9.90 Å².